The van der Waals surface area contributed by atoms with Gasteiger partial charge in [-0.05, 0) is 19.9 Å². The number of piperazine rings is 1. The number of rotatable bonds is 6. The molecule has 0 spiro atoms. The molecule has 3 nitrogen and oxygen atoms in total. The molecular formula is C12H27N3. The second-order valence-electron chi connectivity index (χ2n) is 4.49. The predicted molar refractivity (Wildman–Crippen MR) is 66.3 cm³/mol. The van der Waals surface area contributed by atoms with Crippen LogP contribution >= 0.6 is 0 Å². The van der Waals surface area contributed by atoms with Crippen LogP contribution < -0.4 is 5.32 Å². The van der Waals surface area contributed by atoms with Gasteiger partial charge in [0.15, 0.2) is 0 Å². The lowest BCUT2D eigenvalue weighted by molar-refractivity contribution is 0.101. The predicted octanol–water partition coefficient (Wildman–Crippen LogP) is 1.01. The topological polar surface area (TPSA) is 18.5 Å². The number of nitrogens with one attached hydrogen (secondary N) is 1. The van der Waals surface area contributed by atoms with E-state index in [1.165, 1.54) is 39.1 Å². The molecule has 1 saturated heterocycles. The number of hydrogen-bond acceptors (Lipinski definition) is 3. The molecule has 1 rings (SSSR count). The van der Waals surface area contributed by atoms with Crippen molar-refractivity contribution in [2.24, 2.45) is 0 Å². The standard InChI is InChI=1S/C12H27N3/c1-4-12(3)15-10-8-14(9-11-15)7-6-13-5-2/h12-13H,4-11H2,1-3H3. The van der Waals surface area contributed by atoms with Gasteiger partial charge in [-0.2, -0.15) is 0 Å². The lowest BCUT2D eigenvalue weighted by atomic mass is 10.2. The molecule has 0 aromatic heterocycles. The van der Waals surface area contributed by atoms with Gasteiger partial charge >= 0.3 is 0 Å². The van der Waals surface area contributed by atoms with E-state index in [2.05, 4.69) is 35.9 Å². The lowest BCUT2D eigenvalue weighted by Gasteiger charge is -2.37. The summed E-state index contributed by atoms with van der Waals surface area (Å²) in [5.74, 6) is 0. The first-order valence-corrected chi connectivity index (χ1v) is 6.45. The minimum Gasteiger partial charge on any atom is -0.316 e. The smallest absolute Gasteiger partial charge is 0.0113 e. The maximum absolute atomic E-state index is 3.39. The fourth-order valence-corrected chi connectivity index (χ4v) is 2.10. The SMILES string of the molecule is CCNCCN1CCN(C(C)CC)CC1. The van der Waals surface area contributed by atoms with Crippen LogP contribution in [0.15, 0.2) is 0 Å². The van der Waals surface area contributed by atoms with Crippen molar-refractivity contribution in [1.82, 2.24) is 15.1 Å². The van der Waals surface area contributed by atoms with Crippen molar-refractivity contribution in [2.45, 2.75) is 33.2 Å². The van der Waals surface area contributed by atoms with Crippen molar-refractivity contribution in [1.29, 1.82) is 0 Å². The molecule has 1 aliphatic heterocycles. The highest BCUT2D eigenvalue weighted by Gasteiger charge is 2.19. The highest BCUT2D eigenvalue weighted by molar-refractivity contribution is 4.75. The second kappa shape index (κ2) is 7.20. The van der Waals surface area contributed by atoms with Crippen molar-refractivity contribution in [3.63, 3.8) is 0 Å². The van der Waals surface area contributed by atoms with Gasteiger partial charge in [0, 0.05) is 45.3 Å². The zero-order valence-electron chi connectivity index (χ0n) is 10.6. The van der Waals surface area contributed by atoms with Crippen LogP contribution in [0.3, 0.4) is 0 Å². The molecule has 0 aromatic carbocycles. The first-order valence-electron chi connectivity index (χ1n) is 6.45. The van der Waals surface area contributed by atoms with Crippen LogP contribution in [0.2, 0.25) is 0 Å². The third kappa shape index (κ3) is 4.49. The number of likely N-dealkylation sites (N-methyl/N-ethyl adjacent to an activating group) is 1. The average molecular weight is 213 g/mol. The highest BCUT2D eigenvalue weighted by Crippen LogP contribution is 2.07. The van der Waals surface area contributed by atoms with E-state index in [0.29, 0.717) is 0 Å². The summed E-state index contributed by atoms with van der Waals surface area (Å²) >= 11 is 0. The zero-order chi connectivity index (χ0) is 11.1. The van der Waals surface area contributed by atoms with Gasteiger partial charge in [0.2, 0.25) is 0 Å². The monoisotopic (exact) mass is 213 g/mol. The molecule has 0 amide bonds. The summed E-state index contributed by atoms with van der Waals surface area (Å²) in [6.45, 7) is 15.2. The summed E-state index contributed by atoms with van der Waals surface area (Å²) in [6, 6.07) is 0.765. The number of hydrogen-bond donors (Lipinski definition) is 1. The molecule has 1 atom stereocenters. The second-order valence-corrected chi connectivity index (χ2v) is 4.49. The Morgan fingerprint density at radius 3 is 2.33 bits per heavy atom. The van der Waals surface area contributed by atoms with E-state index in [1.807, 2.05) is 0 Å². The van der Waals surface area contributed by atoms with Crippen LogP contribution in [0.25, 0.3) is 0 Å². The van der Waals surface area contributed by atoms with E-state index >= 15 is 0 Å². The molecule has 1 aliphatic rings. The molecule has 0 saturated carbocycles. The first-order chi connectivity index (χ1) is 7.27. The van der Waals surface area contributed by atoms with Crippen LogP contribution in [0.4, 0.5) is 0 Å². The van der Waals surface area contributed by atoms with Crippen molar-refractivity contribution in [3.8, 4) is 0 Å². The Labute approximate surface area is 94.8 Å². The van der Waals surface area contributed by atoms with Gasteiger partial charge in [0.1, 0.15) is 0 Å². The molecule has 3 heteroatoms. The van der Waals surface area contributed by atoms with Gasteiger partial charge in [-0.25, -0.2) is 0 Å². The lowest BCUT2D eigenvalue weighted by Crippen LogP contribution is -2.50. The first kappa shape index (κ1) is 12.9. The Hall–Kier alpha value is -0.120. The Kier molecular flexibility index (Phi) is 6.22. The summed E-state index contributed by atoms with van der Waals surface area (Å²) < 4.78 is 0. The van der Waals surface area contributed by atoms with Crippen LogP contribution in [-0.4, -0.2) is 61.7 Å². The zero-order valence-corrected chi connectivity index (χ0v) is 10.6. The van der Waals surface area contributed by atoms with E-state index in [4.69, 9.17) is 0 Å². The average Bonchev–Trinajstić information content (AvgIpc) is 2.29. The Balaban J connectivity index is 2.12. The van der Waals surface area contributed by atoms with Crippen molar-refractivity contribution < 1.29 is 0 Å². The Morgan fingerprint density at radius 1 is 1.13 bits per heavy atom. The van der Waals surface area contributed by atoms with Gasteiger partial charge in [-0.15, -0.1) is 0 Å². The van der Waals surface area contributed by atoms with Crippen LogP contribution in [0, 0.1) is 0 Å². The van der Waals surface area contributed by atoms with E-state index in [-0.39, 0.29) is 0 Å². The van der Waals surface area contributed by atoms with E-state index in [0.717, 1.165) is 19.1 Å². The van der Waals surface area contributed by atoms with Gasteiger partial charge in [-0.3, -0.25) is 9.80 Å². The molecule has 0 radical (unpaired) electrons. The van der Waals surface area contributed by atoms with Crippen LogP contribution in [0.1, 0.15) is 27.2 Å². The van der Waals surface area contributed by atoms with Crippen LogP contribution in [-0.2, 0) is 0 Å². The molecular weight excluding hydrogens is 186 g/mol. The van der Waals surface area contributed by atoms with Gasteiger partial charge in [0.05, 0.1) is 0 Å². The van der Waals surface area contributed by atoms with Gasteiger partial charge < -0.3 is 5.32 Å². The van der Waals surface area contributed by atoms with Gasteiger partial charge in [0.25, 0.3) is 0 Å². The Morgan fingerprint density at radius 2 is 1.80 bits per heavy atom. The van der Waals surface area contributed by atoms with Crippen molar-refractivity contribution in [2.75, 3.05) is 45.8 Å². The fourth-order valence-electron chi connectivity index (χ4n) is 2.10. The molecule has 1 heterocycles. The summed E-state index contributed by atoms with van der Waals surface area (Å²) in [7, 11) is 0. The summed E-state index contributed by atoms with van der Waals surface area (Å²) in [4.78, 5) is 5.19. The quantitative estimate of drug-likeness (QED) is 0.664. The molecule has 0 bridgehead atoms. The molecule has 0 aromatic rings. The summed E-state index contributed by atoms with van der Waals surface area (Å²) in [6.07, 6.45) is 1.28. The normalized spacial score (nSPS) is 21.8. The highest BCUT2D eigenvalue weighted by atomic mass is 15.3. The fraction of sp³-hybridized carbons (Fsp3) is 1.00. The van der Waals surface area contributed by atoms with Crippen LogP contribution in [0.5, 0.6) is 0 Å². The summed E-state index contributed by atoms with van der Waals surface area (Å²) in [5, 5.41) is 3.39. The molecule has 1 N–H and O–H groups in total. The number of nitrogens with zero attached hydrogens (tertiary/aromatic N) is 2. The van der Waals surface area contributed by atoms with E-state index in [1.54, 1.807) is 0 Å². The van der Waals surface area contributed by atoms with Gasteiger partial charge in [-0.1, -0.05) is 13.8 Å². The Bertz CT molecular complexity index is 153. The molecule has 90 valence electrons. The minimum absolute atomic E-state index is 0.765. The van der Waals surface area contributed by atoms with Crippen molar-refractivity contribution in [3.05, 3.63) is 0 Å². The maximum Gasteiger partial charge on any atom is 0.0113 e. The molecule has 0 aliphatic carbocycles. The third-order valence-corrected chi connectivity index (χ3v) is 3.48. The third-order valence-electron chi connectivity index (χ3n) is 3.48. The van der Waals surface area contributed by atoms with E-state index in [9.17, 15) is 0 Å². The minimum atomic E-state index is 0.765. The molecule has 1 unspecified atom stereocenters. The van der Waals surface area contributed by atoms with Crippen molar-refractivity contribution >= 4 is 0 Å². The molecule has 1 fully saturated rings. The largest absolute Gasteiger partial charge is 0.316 e. The molecule has 15 heavy (non-hydrogen) atoms. The van der Waals surface area contributed by atoms with E-state index < -0.39 is 0 Å². The maximum atomic E-state index is 3.39. The summed E-state index contributed by atoms with van der Waals surface area (Å²) in [5.41, 5.74) is 0.